The molecule has 0 aliphatic rings. The minimum Gasteiger partial charge on any atom is -0.477 e. The number of aromatic carboxylic acids is 1. The van der Waals surface area contributed by atoms with Crippen LogP contribution in [0, 0.1) is 0 Å². The van der Waals surface area contributed by atoms with Gasteiger partial charge in [0.05, 0.1) is 6.33 Å². The SMILES string of the molecule is O=C(NCCn1cccc1)c1nc[nH]c1C(=O)O. The van der Waals surface area contributed by atoms with Crippen LogP contribution in [0.25, 0.3) is 0 Å². The molecule has 0 saturated carbocycles. The van der Waals surface area contributed by atoms with Crippen LogP contribution in [0.4, 0.5) is 0 Å². The van der Waals surface area contributed by atoms with Crippen LogP contribution in [0.3, 0.4) is 0 Å². The van der Waals surface area contributed by atoms with Gasteiger partial charge in [-0.3, -0.25) is 4.79 Å². The highest BCUT2D eigenvalue weighted by molar-refractivity contribution is 6.02. The van der Waals surface area contributed by atoms with Crippen molar-refractivity contribution in [3.63, 3.8) is 0 Å². The van der Waals surface area contributed by atoms with Gasteiger partial charge in [-0.15, -0.1) is 0 Å². The molecule has 7 nitrogen and oxygen atoms in total. The van der Waals surface area contributed by atoms with E-state index >= 15 is 0 Å². The third-order valence-electron chi connectivity index (χ3n) is 2.39. The minimum absolute atomic E-state index is 0.102. The van der Waals surface area contributed by atoms with Crippen molar-refractivity contribution < 1.29 is 14.7 Å². The summed E-state index contributed by atoms with van der Waals surface area (Å²) in [6.45, 7) is 1.02. The maximum Gasteiger partial charge on any atom is 0.354 e. The molecule has 2 heterocycles. The van der Waals surface area contributed by atoms with Crippen LogP contribution in [0.15, 0.2) is 30.9 Å². The summed E-state index contributed by atoms with van der Waals surface area (Å²) >= 11 is 0. The Morgan fingerprint density at radius 2 is 2.11 bits per heavy atom. The lowest BCUT2D eigenvalue weighted by Gasteiger charge is -2.05. The predicted molar refractivity (Wildman–Crippen MR) is 62.3 cm³/mol. The Morgan fingerprint density at radius 3 is 2.78 bits per heavy atom. The third kappa shape index (κ3) is 2.57. The summed E-state index contributed by atoms with van der Waals surface area (Å²) in [7, 11) is 0. The highest BCUT2D eigenvalue weighted by Crippen LogP contribution is 2.02. The number of carboxylic acids is 1. The first-order valence-corrected chi connectivity index (χ1v) is 5.34. The molecule has 0 aliphatic carbocycles. The fourth-order valence-electron chi connectivity index (χ4n) is 1.53. The number of aromatic nitrogens is 3. The van der Waals surface area contributed by atoms with Gasteiger partial charge >= 0.3 is 5.97 Å². The van der Waals surface area contributed by atoms with Gasteiger partial charge in [0.15, 0.2) is 11.4 Å². The normalized spacial score (nSPS) is 10.2. The van der Waals surface area contributed by atoms with Gasteiger partial charge in [-0.2, -0.15) is 0 Å². The average molecular weight is 248 g/mol. The Bertz CT molecular complexity index is 544. The van der Waals surface area contributed by atoms with Gasteiger partial charge < -0.3 is 20.0 Å². The summed E-state index contributed by atoms with van der Waals surface area (Å²) in [5.74, 6) is -1.70. The molecule has 94 valence electrons. The van der Waals surface area contributed by atoms with Crippen molar-refractivity contribution in [1.29, 1.82) is 0 Å². The zero-order chi connectivity index (χ0) is 13.0. The van der Waals surface area contributed by atoms with Crippen LogP contribution in [0.1, 0.15) is 21.0 Å². The van der Waals surface area contributed by atoms with Gasteiger partial charge in [-0.1, -0.05) is 0 Å². The maximum absolute atomic E-state index is 11.7. The molecule has 2 aromatic rings. The van der Waals surface area contributed by atoms with E-state index in [0.717, 1.165) is 0 Å². The number of carboxylic acid groups (broad SMARTS) is 1. The highest BCUT2D eigenvalue weighted by atomic mass is 16.4. The van der Waals surface area contributed by atoms with Crippen LogP contribution in [0.5, 0.6) is 0 Å². The van der Waals surface area contributed by atoms with E-state index in [1.165, 1.54) is 6.33 Å². The highest BCUT2D eigenvalue weighted by Gasteiger charge is 2.18. The first-order valence-electron chi connectivity index (χ1n) is 5.34. The number of nitrogens with zero attached hydrogens (tertiary/aromatic N) is 2. The second-order valence-corrected chi connectivity index (χ2v) is 3.61. The van der Waals surface area contributed by atoms with E-state index in [1.54, 1.807) is 0 Å². The van der Waals surface area contributed by atoms with Crippen LogP contribution in [-0.4, -0.2) is 38.1 Å². The number of H-pyrrole nitrogens is 1. The van der Waals surface area contributed by atoms with E-state index in [4.69, 9.17) is 5.11 Å². The molecule has 0 aromatic carbocycles. The van der Waals surface area contributed by atoms with E-state index in [9.17, 15) is 9.59 Å². The topological polar surface area (TPSA) is 100 Å². The Hall–Kier alpha value is -2.57. The van der Waals surface area contributed by atoms with E-state index < -0.39 is 11.9 Å². The fourth-order valence-corrected chi connectivity index (χ4v) is 1.53. The second kappa shape index (κ2) is 5.17. The largest absolute Gasteiger partial charge is 0.477 e. The number of amides is 1. The Kier molecular flexibility index (Phi) is 3.42. The second-order valence-electron chi connectivity index (χ2n) is 3.61. The molecule has 7 heteroatoms. The molecule has 0 bridgehead atoms. The number of nitrogens with one attached hydrogen (secondary N) is 2. The molecule has 3 N–H and O–H groups in total. The molecule has 2 aromatic heterocycles. The van der Waals surface area contributed by atoms with Gasteiger partial charge in [0.25, 0.3) is 5.91 Å². The maximum atomic E-state index is 11.7. The molecule has 1 amide bonds. The van der Waals surface area contributed by atoms with Gasteiger partial charge in [0.2, 0.25) is 0 Å². The molecule has 18 heavy (non-hydrogen) atoms. The summed E-state index contributed by atoms with van der Waals surface area (Å²) in [5.41, 5.74) is -0.302. The van der Waals surface area contributed by atoms with Crippen LogP contribution >= 0.6 is 0 Å². The summed E-state index contributed by atoms with van der Waals surface area (Å²) in [6.07, 6.45) is 4.94. The molecular formula is C11H12N4O3. The summed E-state index contributed by atoms with van der Waals surface area (Å²) in [6, 6.07) is 3.77. The Labute approximate surface area is 102 Å². The average Bonchev–Trinajstić information content (AvgIpc) is 2.99. The number of carbonyl (C=O) groups is 2. The number of carbonyl (C=O) groups excluding carboxylic acids is 1. The molecule has 0 atom stereocenters. The number of aromatic amines is 1. The van der Waals surface area contributed by atoms with Gasteiger partial charge in [0.1, 0.15) is 0 Å². The van der Waals surface area contributed by atoms with Crippen molar-refractivity contribution in [2.75, 3.05) is 6.54 Å². The number of hydrogen-bond donors (Lipinski definition) is 3. The lowest BCUT2D eigenvalue weighted by Crippen LogP contribution is -2.28. The molecule has 0 unspecified atom stereocenters. The molecule has 0 aliphatic heterocycles. The van der Waals surface area contributed by atoms with Crippen molar-refractivity contribution in [2.45, 2.75) is 6.54 Å². The summed E-state index contributed by atoms with van der Waals surface area (Å²) in [4.78, 5) is 28.6. The standard InChI is InChI=1S/C11H12N4O3/c16-10(8-9(11(17)18)14-7-13-8)12-3-6-15-4-1-2-5-15/h1-2,4-5,7H,3,6H2,(H,12,16)(H,13,14)(H,17,18). The van der Waals surface area contributed by atoms with Gasteiger partial charge in [-0.25, -0.2) is 9.78 Å². The number of hydrogen-bond acceptors (Lipinski definition) is 3. The molecule has 0 spiro atoms. The first kappa shape index (κ1) is 11.9. The van der Waals surface area contributed by atoms with Crippen molar-refractivity contribution in [3.05, 3.63) is 42.2 Å². The Balaban J connectivity index is 1.91. The number of imidazole rings is 1. The van der Waals surface area contributed by atoms with Crippen molar-refractivity contribution in [1.82, 2.24) is 19.9 Å². The predicted octanol–water partition coefficient (Wildman–Crippen LogP) is 0.339. The molecule has 0 fully saturated rings. The van der Waals surface area contributed by atoms with Crippen LogP contribution < -0.4 is 5.32 Å². The van der Waals surface area contributed by atoms with E-state index in [0.29, 0.717) is 13.1 Å². The molecular weight excluding hydrogens is 236 g/mol. The Morgan fingerprint density at radius 1 is 1.39 bits per heavy atom. The number of rotatable bonds is 5. The van der Waals surface area contributed by atoms with Crippen molar-refractivity contribution in [2.24, 2.45) is 0 Å². The molecule has 2 rings (SSSR count). The van der Waals surface area contributed by atoms with Crippen LogP contribution in [0.2, 0.25) is 0 Å². The van der Waals surface area contributed by atoms with E-state index in [-0.39, 0.29) is 11.4 Å². The molecule has 0 saturated heterocycles. The first-order chi connectivity index (χ1) is 8.68. The van der Waals surface area contributed by atoms with E-state index in [2.05, 4.69) is 15.3 Å². The summed E-state index contributed by atoms with van der Waals surface area (Å²) < 4.78 is 1.91. The van der Waals surface area contributed by atoms with E-state index in [1.807, 2.05) is 29.1 Å². The zero-order valence-electron chi connectivity index (χ0n) is 9.46. The van der Waals surface area contributed by atoms with Gasteiger partial charge in [-0.05, 0) is 12.1 Å². The van der Waals surface area contributed by atoms with Crippen LogP contribution in [-0.2, 0) is 6.54 Å². The quantitative estimate of drug-likeness (QED) is 0.710. The monoisotopic (exact) mass is 248 g/mol. The lowest BCUT2D eigenvalue weighted by molar-refractivity contribution is 0.0685. The third-order valence-corrected chi connectivity index (χ3v) is 2.39. The van der Waals surface area contributed by atoms with Crippen molar-refractivity contribution >= 4 is 11.9 Å². The smallest absolute Gasteiger partial charge is 0.354 e. The molecule has 0 radical (unpaired) electrons. The fraction of sp³-hybridized carbons (Fsp3) is 0.182. The summed E-state index contributed by atoms with van der Waals surface area (Å²) in [5, 5.41) is 11.4. The van der Waals surface area contributed by atoms with Crippen molar-refractivity contribution in [3.8, 4) is 0 Å². The zero-order valence-corrected chi connectivity index (χ0v) is 9.46. The van der Waals surface area contributed by atoms with Gasteiger partial charge in [0, 0.05) is 25.5 Å². The minimum atomic E-state index is -1.21. The lowest BCUT2D eigenvalue weighted by atomic mass is 10.3.